The molecular formula is C29H29F4N5O6S. The van der Waals surface area contributed by atoms with Crippen molar-refractivity contribution >= 4 is 44.2 Å². The van der Waals surface area contributed by atoms with Crippen molar-refractivity contribution in [2.45, 2.75) is 61.5 Å². The van der Waals surface area contributed by atoms with Gasteiger partial charge in [0.1, 0.15) is 16.9 Å². The van der Waals surface area contributed by atoms with Gasteiger partial charge in [-0.2, -0.15) is 13.2 Å². The Morgan fingerprint density at radius 2 is 1.80 bits per heavy atom. The van der Waals surface area contributed by atoms with Crippen LogP contribution >= 0.6 is 11.3 Å². The molecule has 2 N–H and O–H groups in total. The van der Waals surface area contributed by atoms with E-state index in [1.165, 1.54) is 25.6 Å². The van der Waals surface area contributed by atoms with Crippen LogP contribution in [0.2, 0.25) is 0 Å². The second-order valence-corrected chi connectivity index (χ2v) is 12.8. The lowest BCUT2D eigenvalue weighted by Crippen LogP contribution is -2.66. The summed E-state index contributed by atoms with van der Waals surface area (Å²) in [6.45, 7) is 0.808. The minimum atomic E-state index is -4.54. The first-order chi connectivity index (χ1) is 21.5. The number of hydrogen-bond acceptors (Lipinski definition) is 10. The van der Waals surface area contributed by atoms with Crippen LogP contribution in [0.4, 0.5) is 28.4 Å². The van der Waals surface area contributed by atoms with Crippen molar-refractivity contribution in [1.29, 1.82) is 0 Å². The maximum atomic E-state index is 15.7. The summed E-state index contributed by atoms with van der Waals surface area (Å²) >= 11 is 1.32. The summed E-state index contributed by atoms with van der Waals surface area (Å²) < 4.78 is 78.5. The lowest BCUT2D eigenvalue weighted by molar-refractivity contribution is -0.317. The van der Waals surface area contributed by atoms with E-state index in [0.29, 0.717) is 23.4 Å². The number of rotatable bonds is 7. The Kier molecular flexibility index (Phi) is 7.09. The number of amides is 2. The third kappa shape index (κ3) is 4.76. The number of morpholine rings is 1. The van der Waals surface area contributed by atoms with Gasteiger partial charge in [-0.1, -0.05) is 11.3 Å². The number of ether oxygens (including phenoxy) is 4. The zero-order valence-corrected chi connectivity index (χ0v) is 25.1. The maximum Gasteiger partial charge on any atom is 0.417 e. The van der Waals surface area contributed by atoms with Gasteiger partial charge in [-0.05, 0) is 44.2 Å². The Labute approximate surface area is 258 Å². The third-order valence-electron chi connectivity index (χ3n) is 9.32. The smallest absolute Gasteiger partial charge is 0.417 e. The molecule has 0 spiro atoms. The number of hydrogen-bond donors (Lipinski definition) is 2. The van der Waals surface area contributed by atoms with E-state index in [0.717, 1.165) is 17.7 Å². The van der Waals surface area contributed by atoms with E-state index in [1.807, 2.05) is 0 Å². The molecular weight excluding hydrogens is 622 g/mol. The molecule has 1 aliphatic carbocycles. The maximum absolute atomic E-state index is 15.7. The molecule has 11 nitrogen and oxygen atoms in total. The number of methoxy groups -OCH3 is 2. The van der Waals surface area contributed by atoms with Crippen molar-refractivity contribution < 1.29 is 46.1 Å². The molecule has 4 aliphatic heterocycles. The van der Waals surface area contributed by atoms with Gasteiger partial charge in [-0.15, -0.1) is 0 Å². The number of thiazole rings is 1. The summed E-state index contributed by atoms with van der Waals surface area (Å²) in [5.74, 6) is -3.05. The minimum Gasteiger partial charge on any atom is -0.496 e. The van der Waals surface area contributed by atoms with Gasteiger partial charge in [-0.25, -0.2) is 14.4 Å². The van der Waals surface area contributed by atoms with Crippen LogP contribution in [-0.4, -0.2) is 85.2 Å². The van der Waals surface area contributed by atoms with Gasteiger partial charge in [0.25, 0.3) is 17.7 Å². The number of carbonyl (C=O) groups is 2. The summed E-state index contributed by atoms with van der Waals surface area (Å²) in [6.07, 6.45) is -3.15. The van der Waals surface area contributed by atoms with Gasteiger partial charge in [0.15, 0.2) is 16.5 Å². The second kappa shape index (κ2) is 10.7. The number of fused-ring (bicyclic) bond motifs is 6. The molecule has 8 rings (SSSR count). The molecule has 2 amide bonds. The first-order valence-electron chi connectivity index (χ1n) is 14.4. The van der Waals surface area contributed by atoms with E-state index in [4.69, 9.17) is 23.9 Å². The van der Waals surface area contributed by atoms with Gasteiger partial charge in [0.2, 0.25) is 0 Å². The van der Waals surface area contributed by atoms with E-state index in [9.17, 15) is 22.8 Å². The average molecular weight is 652 g/mol. The molecule has 1 saturated carbocycles. The fourth-order valence-electron chi connectivity index (χ4n) is 6.75. The monoisotopic (exact) mass is 651 g/mol. The van der Waals surface area contributed by atoms with Gasteiger partial charge in [-0.3, -0.25) is 9.59 Å². The molecule has 1 aromatic carbocycles. The van der Waals surface area contributed by atoms with Crippen molar-refractivity contribution in [2.24, 2.45) is 0 Å². The highest BCUT2D eigenvalue weighted by molar-refractivity contribution is 7.22. The Morgan fingerprint density at radius 3 is 2.40 bits per heavy atom. The minimum absolute atomic E-state index is 0.0124. The molecule has 6 heterocycles. The SMILES string of the molecule is COc1ccc2nc(N3C4COCC3C4)sc2c1C(=O)Nc1cnc(OC)c(F)c1C(=O)NC12CCC(C(F)(F)F)(CC1)OC2. The quantitative estimate of drug-likeness (QED) is 0.357. The predicted octanol–water partition coefficient (Wildman–Crippen LogP) is 4.45. The molecule has 4 bridgehead atoms. The molecule has 4 saturated heterocycles. The predicted molar refractivity (Wildman–Crippen MR) is 154 cm³/mol. The number of pyridine rings is 1. The Balaban J connectivity index is 1.19. The number of alkyl halides is 3. The van der Waals surface area contributed by atoms with Crippen molar-refractivity contribution in [2.75, 3.05) is 44.3 Å². The Bertz CT molecular complexity index is 1660. The summed E-state index contributed by atoms with van der Waals surface area (Å²) in [7, 11) is 2.58. The largest absolute Gasteiger partial charge is 0.496 e. The van der Waals surface area contributed by atoms with E-state index in [2.05, 4.69) is 20.5 Å². The van der Waals surface area contributed by atoms with Crippen molar-refractivity contribution in [3.05, 3.63) is 35.3 Å². The van der Waals surface area contributed by atoms with Crippen molar-refractivity contribution in [3.63, 3.8) is 0 Å². The molecule has 2 atom stereocenters. The van der Waals surface area contributed by atoms with Crippen LogP contribution in [0.25, 0.3) is 10.2 Å². The highest BCUT2D eigenvalue weighted by Gasteiger charge is 2.63. The zero-order valence-electron chi connectivity index (χ0n) is 24.3. The Morgan fingerprint density at radius 1 is 1.07 bits per heavy atom. The molecule has 0 radical (unpaired) electrons. The fourth-order valence-corrected chi connectivity index (χ4v) is 7.99. The van der Waals surface area contributed by atoms with E-state index in [-0.39, 0.29) is 61.4 Å². The number of halogens is 4. The van der Waals surface area contributed by atoms with Gasteiger partial charge in [0.05, 0.1) is 73.8 Å². The highest BCUT2D eigenvalue weighted by atomic mass is 32.1. The highest BCUT2D eigenvalue weighted by Crippen LogP contribution is 2.51. The van der Waals surface area contributed by atoms with Crippen LogP contribution < -0.4 is 25.0 Å². The van der Waals surface area contributed by atoms with Crippen LogP contribution in [0.15, 0.2) is 18.3 Å². The van der Waals surface area contributed by atoms with Crippen LogP contribution in [-0.2, 0) is 9.47 Å². The van der Waals surface area contributed by atoms with Crippen molar-refractivity contribution in [1.82, 2.24) is 15.3 Å². The summed E-state index contributed by atoms with van der Waals surface area (Å²) in [5, 5.41) is 6.04. The standard InChI is InChI=1S/C29H29F4N5O6S/c1-41-18-4-3-16-22(45-26(36-16)38-14-9-15(38)12-43-11-14)20(18)23(39)35-17-10-34-25(42-2)21(30)19(17)24(40)37-27-5-7-28(8-6-27,44-13-27)29(31,32)33/h3-4,10,14-15H,5-9,11-13H2,1-2H3,(H,35,39)(H,37,40). The number of nitrogens with one attached hydrogen (secondary N) is 2. The van der Waals surface area contributed by atoms with E-state index < -0.39 is 46.4 Å². The summed E-state index contributed by atoms with van der Waals surface area (Å²) in [6, 6.07) is 3.77. The van der Waals surface area contributed by atoms with E-state index in [1.54, 1.807) is 12.1 Å². The van der Waals surface area contributed by atoms with Crippen LogP contribution in [0.3, 0.4) is 0 Å². The lowest BCUT2D eigenvalue weighted by atomic mass is 9.70. The third-order valence-corrected chi connectivity index (χ3v) is 10.4. The van der Waals surface area contributed by atoms with Crippen LogP contribution in [0.5, 0.6) is 11.6 Å². The van der Waals surface area contributed by atoms with Crippen LogP contribution in [0.1, 0.15) is 52.8 Å². The normalized spacial score (nSPS) is 27.2. The summed E-state index contributed by atoms with van der Waals surface area (Å²) in [4.78, 5) is 38.3. The molecule has 5 aliphatic rings. The lowest BCUT2D eigenvalue weighted by Gasteiger charge is -2.53. The number of benzene rings is 1. The molecule has 16 heteroatoms. The zero-order chi connectivity index (χ0) is 31.7. The average Bonchev–Trinajstić information content (AvgIpc) is 3.44. The molecule has 2 unspecified atom stereocenters. The van der Waals surface area contributed by atoms with Gasteiger partial charge >= 0.3 is 6.18 Å². The van der Waals surface area contributed by atoms with Gasteiger partial charge < -0.3 is 34.5 Å². The summed E-state index contributed by atoms with van der Waals surface area (Å²) in [5.41, 5.74) is -3.52. The van der Waals surface area contributed by atoms with Gasteiger partial charge in [0, 0.05) is 0 Å². The van der Waals surface area contributed by atoms with Crippen molar-refractivity contribution in [3.8, 4) is 11.6 Å². The Hall–Kier alpha value is -3.76. The number of anilines is 2. The molecule has 45 heavy (non-hydrogen) atoms. The topological polar surface area (TPSA) is 124 Å². The number of carbonyl (C=O) groups excluding carboxylic acids is 2. The fraction of sp³-hybridized carbons (Fsp3) is 0.517. The second-order valence-electron chi connectivity index (χ2n) is 11.8. The number of aromatic nitrogens is 2. The van der Waals surface area contributed by atoms with E-state index >= 15 is 4.39 Å². The first kappa shape index (κ1) is 29.9. The first-order valence-corrected chi connectivity index (χ1v) is 15.2. The molecule has 240 valence electrons. The molecule has 3 aromatic rings. The molecule has 2 aromatic heterocycles. The molecule has 5 fully saturated rings. The van der Waals surface area contributed by atoms with Crippen LogP contribution in [0, 0.1) is 5.82 Å². The number of nitrogens with zero attached hydrogens (tertiary/aromatic N) is 3.